The van der Waals surface area contributed by atoms with Crippen molar-refractivity contribution in [1.82, 2.24) is 20.0 Å². The second-order valence-electron chi connectivity index (χ2n) is 5.93. The van der Waals surface area contributed by atoms with Gasteiger partial charge in [0.15, 0.2) is 11.4 Å². The number of hydrogen-bond donors (Lipinski definition) is 3. The Morgan fingerprint density at radius 2 is 2.04 bits per heavy atom. The maximum Gasteiger partial charge on any atom is 0.279 e. The fourth-order valence-electron chi connectivity index (χ4n) is 2.79. The molecule has 2 aromatic heterocycles. The number of nitrogens with one attached hydrogen (secondary N) is 2. The number of H-pyrrole nitrogens is 1. The lowest BCUT2D eigenvalue weighted by molar-refractivity contribution is 0.101. The lowest BCUT2D eigenvalue weighted by Crippen LogP contribution is -2.25. The smallest absolute Gasteiger partial charge is 0.279 e. The Morgan fingerprint density at radius 3 is 2.86 bits per heavy atom. The molecule has 0 saturated heterocycles. The zero-order chi connectivity index (χ0) is 19.7. The van der Waals surface area contributed by atoms with E-state index in [1.54, 1.807) is 48.7 Å². The third kappa shape index (κ3) is 3.05. The quantitative estimate of drug-likeness (QED) is 0.500. The minimum Gasteiger partial charge on any atom is -0.505 e. The molecule has 0 saturated carbocycles. The van der Waals surface area contributed by atoms with Gasteiger partial charge in [0.1, 0.15) is 11.4 Å². The van der Waals surface area contributed by atoms with Gasteiger partial charge in [0.2, 0.25) is 0 Å². The minimum absolute atomic E-state index is 0.296. The van der Waals surface area contributed by atoms with Crippen LogP contribution in [0.3, 0.4) is 0 Å². The maximum absolute atomic E-state index is 12.7. The van der Waals surface area contributed by atoms with Crippen molar-refractivity contribution in [2.75, 3.05) is 12.4 Å². The topological polar surface area (TPSA) is 122 Å². The van der Waals surface area contributed by atoms with Crippen molar-refractivity contribution < 1.29 is 14.6 Å². The number of nitrogens with zero attached hydrogens (tertiary/aromatic N) is 3. The number of aromatic hydroxyl groups is 1. The molecule has 0 aliphatic heterocycles. The average Bonchev–Trinajstić information content (AvgIpc) is 3.16. The molecular formula is C19H15N5O4. The number of fused-ring (bicyclic) bond motifs is 1. The van der Waals surface area contributed by atoms with E-state index < -0.39 is 17.2 Å². The third-order valence-electron chi connectivity index (χ3n) is 4.14. The van der Waals surface area contributed by atoms with Crippen LogP contribution in [0.1, 0.15) is 10.5 Å². The van der Waals surface area contributed by atoms with Crippen LogP contribution < -0.4 is 15.6 Å². The highest BCUT2D eigenvalue weighted by molar-refractivity contribution is 6.05. The maximum atomic E-state index is 12.7. The van der Waals surface area contributed by atoms with E-state index in [4.69, 9.17) is 4.74 Å². The van der Waals surface area contributed by atoms with Crippen LogP contribution in [0.5, 0.6) is 11.5 Å². The molecule has 9 nitrogen and oxygen atoms in total. The minimum atomic E-state index is -0.667. The van der Waals surface area contributed by atoms with E-state index in [0.717, 1.165) is 21.7 Å². The lowest BCUT2D eigenvalue weighted by Gasteiger charge is -2.12. The van der Waals surface area contributed by atoms with E-state index in [1.807, 2.05) is 0 Å². The predicted octanol–water partition coefficient (Wildman–Crippen LogP) is 2.08. The van der Waals surface area contributed by atoms with Crippen molar-refractivity contribution in [1.29, 1.82) is 0 Å². The third-order valence-corrected chi connectivity index (χ3v) is 4.14. The summed E-state index contributed by atoms with van der Waals surface area (Å²) in [6.45, 7) is 0. The molecule has 140 valence electrons. The normalized spacial score (nSPS) is 10.8. The summed E-state index contributed by atoms with van der Waals surface area (Å²) in [4.78, 5) is 25.0. The fraction of sp³-hybridized carbons (Fsp3) is 0.0526. The summed E-state index contributed by atoms with van der Waals surface area (Å²) in [7, 11) is 1.46. The molecule has 28 heavy (non-hydrogen) atoms. The molecule has 3 N–H and O–H groups in total. The Labute approximate surface area is 158 Å². The van der Waals surface area contributed by atoms with Gasteiger partial charge in [-0.25, -0.2) is 0 Å². The van der Waals surface area contributed by atoms with Gasteiger partial charge in [0.25, 0.3) is 11.5 Å². The largest absolute Gasteiger partial charge is 0.505 e. The average molecular weight is 377 g/mol. The second kappa shape index (κ2) is 6.88. The van der Waals surface area contributed by atoms with Gasteiger partial charge in [0, 0.05) is 17.1 Å². The second-order valence-corrected chi connectivity index (χ2v) is 5.93. The van der Waals surface area contributed by atoms with E-state index in [0.29, 0.717) is 17.1 Å². The summed E-state index contributed by atoms with van der Waals surface area (Å²) in [5.41, 5.74) is 0.683. The van der Waals surface area contributed by atoms with Crippen molar-refractivity contribution >= 4 is 22.5 Å². The summed E-state index contributed by atoms with van der Waals surface area (Å²) in [5.74, 6) is -0.782. The Bertz CT molecular complexity index is 1240. The number of benzene rings is 2. The molecule has 2 aromatic carbocycles. The van der Waals surface area contributed by atoms with Crippen LogP contribution in [0.4, 0.5) is 5.69 Å². The summed E-state index contributed by atoms with van der Waals surface area (Å²) >= 11 is 0. The van der Waals surface area contributed by atoms with Crippen molar-refractivity contribution in [2.45, 2.75) is 0 Å². The number of rotatable bonds is 4. The van der Waals surface area contributed by atoms with Crippen LogP contribution in [0, 0.1) is 0 Å². The van der Waals surface area contributed by atoms with Crippen LogP contribution in [0.25, 0.3) is 16.6 Å². The first kappa shape index (κ1) is 17.3. The SMILES string of the molecule is COc1ccccc1-n1nc(C(=O)Nc2ccc3cn[nH]c3c2)c(O)cc1=O. The van der Waals surface area contributed by atoms with E-state index in [1.165, 1.54) is 7.11 Å². The van der Waals surface area contributed by atoms with Gasteiger partial charge in [0.05, 0.1) is 18.8 Å². The molecule has 0 aliphatic rings. The van der Waals surface area contributed by atoms with Crippen LogP contribution >= 0.6 is 0 Å². The van der Waals surface area contributed by atoms with Crippen LogP contribution in [0.15, 0.2) is 59.5 Å². The molecule has 0 spiro atoms. The highest BCUT2D eigenvalue weighted by Crippen LogP contribution is 2.22. The van der Waals surface area contributed by atoms with E-state index in [-0.39, 0.29) is 5.69 Å². The van der Waals surface area contributed by atoms with Crippen molar-refractivity contribution in [2.24, 2.45) is 0 Å². The van der Waals surface area contributed by atoms with Crippen LogP contribution in [-0.2, 0) is 0 Å². The monoisotopic (exact) mass is 377 g/mol. The van der Waals surface area contributed by atoms with Crippen molar-refractivity contribution in [3.8, 4) is 17.2 Å². The number of amides is 1. The number of carbonyl (C=O) groups excluding carboxylic acids is 1. The molecule has 0 aliphatic carbocycles. The highest BCUT2D eigenvalue weighted by Gasteiger charge is 2.18. The standard InChI is InChI=1S/C19H15N5O4/c1-28-16-5-3-2-4-14(16)24-17(26)9-15(25)18(23-24)19(27)21-12-7-6-11-10-20-22-13(11)8-12/h2-10,25H,1H3,(H,20,22)(H,21,27). The Kier molecular flexibility index (Phi) is 4.24. The van der Waals surface area contributed by atoms with E-state index in [9.17, 15) is 14.7 Å². The zero-order valence-electron chi connectivity index (χ0n) is 14.7. The number of aromatic amines is 1. The van der Waals surface area contributed by atoms with Gasteiger partial charge in [-0.15, -0.1) is 0 Å². The Balaban J connectivity index is 1.72. The van der Waals surface area contributed by atoms with Crippen LogP contribution in [-0.4, -0.2) is 38.1 Å². The highest BCUT2D eigenvalue weighted by atomic mass is 16.5. The van der Waals surface area contributed by atoms with E-state index >= 15 is 0 Å². The molecule has 1 amide bonds. The number of anilines is 1. The van der Waals surface area contributed by atoms with Crippen molar-refractivity contribution in [3.63, 3.8) is 0 Å². The number of aromatic nitrogens is 4. The van der Waals surface area contributed by atoms with Gasteiger partial charge >= 0.3 is 0 Å². The first-order valence-electron chi connectivity index (χ1n) is 8.28. The molecule has 0 bridgehead atoms. The Hall–Kier alpha value is -4.14. The molecule has 0 atom stereocenters. The molecule has 0 radical (unpaired) electrons. The molecular weight excluding hydrogens is 362 g/mol. The Morgan fingerprint density at radius 1 is 1.21 bits per heavy atom. The zero-order valence-corrected chi connectivity index (χ0v) is 14.7. The molecule has 2 heterocycles. The summed E-state index contributed by atoms with van der Waals surface area (Å²) in [6, 6.07) is 12.9. The van der Waals surface area contributed by atoms with Crippen LogP contribution in [0.2, 0.25) is 0 Å². The van der Waals surface area contributed by atoms with Gasteiger partial charge in [-0.05, 0) is 30.3 Å². The summed E-state index contributed by atoms with van der Waals surface area (Å²) < 4.78 is 6.25. The number of hydrogen-bond acceptors (Lipinski definition) is 6. The first-order valence-corrected chi connectivity index (χ1v) is 8.28. The number of carbonyl (C=O) groups is 1. The molecule has 4 rings (SSSR count). The molecule has 0 fully saturated rings. The molecule has 0 unspecified atom stereocenters. The molecule has 4 aromatic rings. The summed E-state index contributed by atoms with van der Waals surface area (Å²) in [5, 5.41) is 24.4. The fourth-order valence-corrected chi connectivity index (χ4v) is 2.79. The number of methoxy groups -OCH3 is 1. The lowest BCUT2D eigenvalue weighted by atomic mass is 10.2. The van der Waals surface area contributed by atoms with Gasteiger partial charge < -0.3 is 15.2 Å². The van der Waals surface area contributed by atoms with Crippen molar-refractivity contribution in [3.05, 3.63) is 70.8 Å². The summed E-state index contributed by atoms with van der Waals surface area (Å²) in [6.07, 6.45) is 1.66. The van der Waals surface area contributed by atoms with E-state index in [2.05, 4.69) is 20.6 Å². The van der Waals surface area contributed by atoms with Gasteiger partial charge in [-0.1, -0.05) is 12.1 Å². The number of ether oxygens (including phenoxy) is 1. The van der Waals surface area contributed by atoms with Gasteiger partial charge in [-0.2, -0.15) is 14.9 Å². The first-order chi connectivity index (χ1) is 13.6. The molecule has 9 heteroatoms. The van der Waals surface area contributed by atoms with Gasteiger partial charge in [-0.3, -0.25) is 14.7 Å². The number of para-hydroxylation sites is 2. The predicted molar refractivity (Wildman–Crippen MR) is 102 cm³/mol.